The Hall–Kier alpha value is -0.790. The van der Waals surface area contributed by atoms with E-state index in [1.165, 1.54) is 6.42 Å². The van der Waals surface area contributed by atoms with Gasteiger partial charge in [-0.25, -0.2) is 0 Å². The molecule has 12 heavy (non-hydrogen) atoms. The first-order chi connectivity index (χ1) is 5.65. The number of hydrogen-bond donors (Lipinski definition) is 1. The normalized spacial score (nSPS) is 30.8. The molecule has 0 spiro atoms. The average Bonchev–Trinajstić information content (AvgIpc) is 1.97. The lowest BCUT2D eigenvalue weighted by Crippen LogP contribution is -2.25. The predicted octanol–water partition coefficient (Wildman–Crippen LogP) is 2.60. The van der Waals surface area contributed by atoms with Gasteiger partial charge in [0.25, 0.3) is 0 Å². The van der Waals surface area contributed by atoms with Gasteiger partial charge in [0, 0.05) is 0 Å². The van der Waals surface area contributed by atoms with E-state index < -0.39 is 11.4 Å². The summed E-state index contributed by atoms with van der Waals surface area (Å²) in [6, 6.07) is 0. The molecule has 1 atom stereocenters. The molecule has 68 valence electrons. The molecule has 0 amide bonds. The average molecular weight is 168 g/mol. The molecule has 0 aliphatic heterocycles. The second kappa shape index (κ2) is 3.74. The number of hydrogen-bond acceptors (Lipinski definition) is 1. The molecule has 0 radical (unpaired) electrons. The maximum atomic E-state index is 10.9. The molecule has 1 aliphatic carbocycles. The van der Waals surface area contributed by atoms with Crippen molar-refractivity contribution in [2.45, 2.75) is 39.0 Å². The van der Waals surface area contributed by atoms with Gasteiger partial charge >= 0.3 is 5.97 Å². The molecule has 1 rings (SSSR count). The van der Waals surface area contributed by atoms with Gasteiger partial charge in [-0.3, -0.25) is 4.79 Å². The summed E-state index contributed by atoms with van der Waals surface area (Å²) >= 11 is 0. The van der Waals surface area contributed by atoms with E-state index in [-0.39, 0.29) is 0 Å². The van der Waals surface area contributed by atoms with Crippen molar-refractivity contribution in [2.24, 2.45) is 5.41 Å². The summed E-state index contributed by atoms with van der Waals surface area (Å²) in [6.45, 7) is 1.80. The second-order valence-electron chi connectivity index (χ2n) is 3.72. The largest absolute Gasteiger partial charge is 0.481 e. The molecule has 2 nitrogen and oxygen atoms in total. The molecule has 0 aromatic rings. The highest BCUT2D eigenvalue weighted by molar-refractivity contribution is 5.76. The van der Waals surface area contributed by atoms with E-state index in [0.717, 1.165) is 25.7 Å². The van der Waals surface area contributed by atoms with Crippen LogP contribution < -0.4 is 0 Å². The van der Waals surface area contributed by atoms with Crippen molar-refractivity contribution in [2.75, 3.05) is 0 Å². The first-order valence-corrected chi connectivity index (χ1v) is 4.56. The monoisotopic (exact) mass is 168 g/mol. The number of aliphatic carboxylic acids is 1. The zero-order chi connectivity index (χ0) is 9.03. The van der Waals surface area contributed by atoms with Gasteiger partial charge in [-0.05, 0) is 26.2 Å². The third kappa shape index (κ3) is 2.10. The summed E-state index contributed by atoms with van der Waals surface area (Å²) in [4.78, 5) is 10.9. The Balaban J connectivity index is 2.71. The molecular weight excluding hydrogens is 152 g/mol. The smallest absolute Gasteiger partial charge is 0.313 e. The maximum Gasteiger partial charge on any atom is 0.313 e. The van der Waals surface area contributed by atoms with Crippen molar-refractivity contribution in [3.8, 4) is 0 Å². The molecule has 0 saturated carbocycles. The fraction of sp³-hybridized carbons (Fsp3) is 0.700. The van der Waals surface area contributed by atoms with E-state index in [4.69, 9.17) is 5.11 Å². The molecule has 0 saturated heterocycles. The summed E-state index contributed by atoms with van der Waals surface area (Å²) in [5.74, 6) is -0.694. The molecule has 1 unspecified atom stereocenters. The van der Waals surface area contributed by atoms with E-state index in [1.807, 2.05) is 12.2 Å². The van der Waals surface area contributed by atoms with Crippen LogP contribution in [0.1, 0.15) is 39.0 Å². The Bertz CT molecular complexity index is 196. The van der Waals surface area contributed by atoms with Crippen molar-refractivity contribution in [3.05, 3.63) is 12.2 Å². The Morgan fingerprint density at radius 3 is 2.83 bits per heavy atom. The van der Waals surface area contributed by atoms with E-state index in [1.54, 1.807) is 6.92 Å². The molecule has 0 aromatic heterocycles. The van der Waals surface area contributed by atoms with Crippen LogP contribution in [0.25, 0.3) is 0 Å². The van der Waals surface area contributed by atoms with Crippen LogP contribution in [0.4, 0.5) is 0 Å². The number of carbonyl (C=O) groups is 1. The Labute approximate surface area is 73.3 Å². The number of carboxylic acid groups (broad SMARTS) is 1. The summed E-state index contributed by atoms with van der Waals surface area (Å²) in [7, 11) is 0. The lowest BCUT2D eigenvalue weighted by molar-refractivity contribution is -0.145. The van der Waals surface area contributed by atoms with Crippen molar-refractivity contribution >= 4 is 5.97 Å². The van der Waals surface area contributed by atoms with Crippen LogP contribution in [-0.2, 0) is 4.79 Å². The number of rotatable bonds is 1. The van der Waals surface area contributed by atoms with Crippen LogP contribution in [0.15, 0.2) is 12.2 Å². The molecule has 0 aromatic carbocycles. The second-order valence-corrected chi connectivity index (χ2v) is 3.72. The maximum absolute atomic E-state index is 10.9. The standard InChI is InChI=1S/C10H16O2/c1-10(9(11)12)7-5-3-2-4-6-8-10/h5,7H,2-4,6,8H2,1H3,(H,11,12). The van der Waals surface area contributed by atoms with E-state index in [9.17, 15) is 4.79 Å². The third-order valence-electron chi connectivity index (χ3n) is 2.54. The summed E-state index contributed by atoms with van der Waals surface area (Å²) in [5.41, 5.74) is -0.611. The van der Waals surface area contributed by atoms with Gasteiger partial charge in [0.15, 0.2) is 0 Å². The van der Waals surface area contributed by atoms with Crippen LogP contribution in [0, 0.1) is 5.41 Å². The van der Waals surface area contributed by atoms with Crippen molar-refractivity contribution in [1.82, 2.24) is 0 Å². The lowest BCUT2D eigenvalue weighted by Gasteiger charge is -2.22. The highest BCUT2D eigenvalue weighted by atomic mass is 16.4. The topological polar surface area (TPSA) is 37.3 Å². The summed E-state index contributed by atoms with van der Waals surface area (Å²) in [6.07, 6.45) is 9.07. The minimum absolute atomic E-state index is 0.611. The zero-order valence-electron chi connectivity index (χ0n) is 7.55. The number of carboxylic acids is 1. The first-order valence-electron chi connectivity index (χ1n) is 4.56. The van der Waals surface area contributed by atoms with Crippen LogP contribution in [-0.4, -0.2) is 11.1 Å². The van der Waals surface area contributed by atoms with Gasteiger partial charge in [0.1, 0.15) is 0 Å². The third-order valence-corrected chi connectivity index (χ3v) is 2.54. The molecule has 0 heterocycles. The first kappa shape index (κ1) is 9.30. The van der Waals surface area contributed by atoms with Gasteiger partial charge in [-0.15, -0.1) is 0 Å². The van der Waals surface area contributed by atoms with Crippen LogP contribution >= 0.6 is 0 Å². The van der Waals surface area contributed by atoms with E-state index >= 15 is 0 Å². The summed E-state index contributed by atoms with van der Waals surface area (Å²) in [5, 5.41) is 8.96. The zero-order valence-corrected chi connectivity index (χ0v) is 7.55. The molecule has 0 fully saturated rings. The minimum Gasteiger partial charge on any atom is -0.481 e. The van der Waals surface area contributed by atoms with E-state index in [2.05, 4.69) is 0 Å². The quantitative estimate of drug-likeness (QED) is 0.611. The van der Waals surface area contributed by atoms with E-state index in [0.29, 0.717) is 0 Å². The Kier molecular flexibility index (Phi) is 2.90. The fourth-order valence-corrected chi connectivity index (χ4v) is 1.54. The Morgan fingerprint density at radius 1 is 1.42 bits per heavy atom. The van der Waals surface area contributed by atoms with Gasteiger partial charge in [-0.2, -0.15) is 0 Å². The van der Waals surface area contributed by atoms with Gasteiger partial charge in [0.05, 0.1) is 5.41 Å². The predicted molar refractivity (Wildman–Crippen MR) is 48.0 cm³/mol. The molecule has 0 bridgehead atoms. The SMILES string of the molecule is CC1(C(=O)O)C=CCCCCC1. The van der Waals surface area contributed by atoms with Crippen molar-refractivity contribution in [3.63, 3.8) is 0 Å². The van der Waals surface area contributed by atoms with Crippen molar-refractivity contribution < 1.29 is 9.90 Å². The molecule has 1 N–H and O–H groups in total. The van der Waals surface area contributed by atoms with Gasteiger partial charge in [0.2, 0.25) is 0 Å². The highest BCUT2D eigenvalue weighted by Crippen LogP contribution is 2.29. The fourth-order valence-electron chi connectivity index (χ4n) is 1.54. The number of allylic oxidation sites excluding steroid dienone is 1. The minimum atomic E-state index is -0.694. The molecule has 1 aliphatic rings. The van der Waals surface area contributed by atoms with Crippen LogP contribution in [0.3, 0.4) is 0 Å². The van der Waals surface area contributed by atoms with Crippen LogP contribution in [0.5, 0.6) is 0 Å². The Morgan fingerprint density at radius 2 is 2.17 bits per heavy atom. The lowest BCUT2D eigenvalue weighted by atomic mass is 9.82. The highest BCUT2D eigenvalue weighted by Gasteiger charge is 2.29. The van der Waals surface area contributed by atoms with Gasteiger partial charge < -0.3 is 5.11 Å². The van der Waals surface area contributed by atoms with Crippen molar-refractivity contribution in [1.29, 1.82) is 0 Å². The molecular formula is C10H16O2. The van der Waals surface area contributed by atoms with Crippen LogP contribution in [0.2, 0.25) is 0 Å². The van der Waals surface area contributed by atoms with Gasteiger partial charge in [-0.1, -0.05) is 25.0 Å². The molecule has 2 heteroatoms. The summed E-state index contributed by atoms with van der Waals surface area (Å²) < 4.78 is 0.